The fraction of sp³-hybridized carbons (Fsp3) is 0.176. The zero-order valence-corrected chi connectivity index (χ0v) is 12.8. The zero-order chi connectivity index (χ0) is 16.1. The van der Waals surface area contributed by atoms with Crippen LogP contribution in [-0.4, -0.2) is 23.8 Å². The quantitative estimate of drug-likeness (QED) is 0.673. The van der Waals surface area contributed by atoms with Gasteiger partial charge in [0.25, 0.3) is 5.91 Å². The third-order valence-electron chi connectivity index (χ3n) is 3.23. The topological polar surface area (TPSA) is 70.9 Å². The summed E-state index contributed by atoms with van der Waals surface area (Å²) in [4.78, 5) is 12.0. The number of phenolic OH excluding ortho intramolecular Hbond substituents is 1. The van der Waals surface area contributed by atoms with Crippen molar-refractivity contribution in [1.82, 2.24) is 5.43 Å². The summed E-state index contributed by atoms with van der Waals surface area (Å²) >= 11 is 0. The second-order valence-corrected chi connectivity index (χ2v) is 4.89. The number of rotatable bonds is 4. The first kappa shape index (κ1) is 15.6. The monoisotopic (exact) mass is 298 g/mol. The SMILES string of the molecule is COc1ccc(/C(C)=N/NC(=O)c2ccc(C)cc2)c(O)c1. The molecule has 0 aliphatic heterocycles. The molecular weight excluding hydrogens is 280 g/mol. The number of aryl methyl sites for hydroxylation is 1. The van der Waals surface area contributed by atoms with Crippen molar-refractivity contribution >= 4 is 11.6 Å². The molecule has 22 heavy (non-hydrogen) atoms. The highest BCUT2D eigenvalue weighted by Gasteiger charge is 2.08. The Bertz CT molecular complexity index is 706. The van der Waals surface area contributed by atoms with Crippen molar-refractivity contribution in [3.63, 3.8) is 0 Å². The Morgan fingerprint density at radius 3 is 2.45 bits per heavy atom. The third kappa shape index (κ3) is 3.63. The molecule has 5 nitrogen and oxygen atoms in total. The normalized spacial score (nSPS) is 11.1. The number of nitrogens with one attached hydrogen (secondary N) is 1. The fourth-order valence-corrected chi connectivity index (χ4v) is 1.91. The first-order chi connectivity index (χ1) is 10.5. The van der Waals surface area contributed by atoms with Crippen molar-refractivity contribution in [1.29, 1.82) is 0 Å². The van der Waals surface area contributed by atoms with Gasteiger partial charge in [-0.1, -0.05) is 17.7 Å². The number of methoxy groups -OCH3 is 1. The number of hydrogen-bond donors (Lipinski definition) is 2. The Hall–Kier alpha value is -2.82. The summed E-state index contributed by atoms with van der Waals surface area (Å²) in [5.74, 6) is 0.301. The van der Waals surface area contributed by atoms with Gasteiger partial charge in [0.2, 0.25) is 0 Å². The summed E-state index contributed by atoms with van der Waals surface area (Å²) in [7, 11) is 1.52. The fourth-order valence-electron chi connectivity index (χ4n) is 1.91. The van der Waals surface area contributed by atoms with E-state index >= 15 is 0 Å². The highest BCUT2D eigenvalue weighted by atomic mass is 16.5. The van der Waals surface area contributed by atoms with Crippen molar-refractivity contribution in [2.45, 2.75) is 13.8 Å². The molecule has 0 saturated heterocycles. The highest BCUT2D eigenvalue weighted by molar-refractivity contribution is 6.02. The number of nitrogens with zero attached hydrogens (tertiary/aromatic N) is 1. The van der Waals surface area contributed by atoms with Crippen LogP contribution >= 0.6 is 0 Å². The predicted molar refractivity (Wildman–Crippen MR) is 85.5 cm³/mol. The molecule has 2 N–H and O–H groups in total. The van der Waals surface area contributed by atoms with Crippen LogP contribution in [0, 0.1) is 6.92 Å². The second kappa shape index (κ2) is 6.76. The molecule has 0 heterocycles. The smallest absolute Gasteiger partial charge is 0.271 e. The molecule has 2 aromatic rings. The Morgan fingerprint density at radius 1 is 1.18 bits per heavy atom. The maximum atomic E-state index is 12.0. The predicted octanol–water partition coefficient (Wildman–Crippen LogP) is 2.86. The van der Waals surface area contributed by atoms with E-state index in [2.05, 4.69) is 10.5 Å². The van der Waals surface area contributed by atoms with Gasteiger partial charge < -0.3 is 9.84 Å². The van der Waals surface area contributed by atoms with Gasteiger partial charge in [-0.25, -0.2) is 5.43 Å². The van der Waals surface area contributed by atoms with Crippen LogP contribution in [0.5, 0.6) is 11.5 Å². The van der Waals surface area contributed by atoms with E-state index in [4.69, 9.17) is 4.74 Å². The number of hydrazone groups is 1. The number of amides is 1. The van der Waals surface area contributed by atoms with Gasteiger partial charge >= 0.3 is 0 Å². The van der Waals surface area contributed by atoms with Gasteiger partial charge in [-0.15, -0.1) is 0 Å². The van der Waals surface area contributed by atoms with Crippen molar-refractivity contribution < 1.29 is 14.6 Å². The van der Waals surface area contributed by atoms with Gasteiger partial charge in [-0.05, 0) is 38.1 Å². The molecular formula is C17H18N2O3. The highest BCUT2D eigenvalue weighted by Crippen LogP contribution is 2.23. The Balaban J connectivity index is 2.12. The van der Waals surface area contributed by atoms with Crippen molar-refractivity contribution in [3.05, 3.63) is 59.2 Å². The summed E-state index contributed by atoms with van der Waals surface area (Å²) in [6, 6.07) is 12.1. The van der Waals surface area contributed by atoms with E-state index in [1.807, 2.05) is 19.1 Å². The average molecular weight is 298 g/mol. The first-order valence-corrected chi connectivity index (χ1v) is 6.80. The van der Waals surface area contributed by atoms with Gasteiger partial charge in [0.05, 0.1) is 12.8 Å². The van der Waals surface area contributed by atoms with Crippen LogP contribution in [0.15, 0.2) is 47.6 Å². The molecule has 0 radical (unpaired) electrons. The lowest BCUT2D eigenvalue weighted by Gasteiger charge is -2.07. The van der Waals surface area contributed by atoms with Crippen molar-refractivity contribution in [2.75, 3.05) is 7.11 Å². The molecule has 0 aliphatic rings. The molecule has 0 bridgehead atoms. The minimum absolute atomic E-state index is 0.0465. The van der Waals surface area contributed by atoms with Gasteiger partial charge in [0.1, 0.15) is 11.5 Å². The molecule has 114 valence electrons. The average Bonchev–Trinajstić information content (AvgIpc) is 2.52. The Labute approximate surface area is 129 Å². The summed E-state index contributed by atoms with van der Waals surface area (Å²) in [5.41, 5.74) is 5.12. The number of carbonyl (C=O) groups excluding carboxylic acids is 1. The lowest BCUT2D eigenvalue weighted by Crippen LogP contribution is -2.19. The van der Waals surface area contributed by atoms with E-state index in [0.717, 1.165) is 5.56 Å². The third-order valence-corrected chi connectivity index (χ3v) is 3.23. The Morgan fingerprint density at radius 2 is 1.86 bits per heavy atom. The zero-order valence-electron chi connectivity index (χ0n) is 12.8. The number of hydrogen-bond acceptors (Lipinski definition) is 4. The molecule has 0 atom stereocenters. The minimum atomic E-state index is -0.299. The standard InChI is InChI=1S/C17H18N2O3/c1-11-4-6-13(7-5-11)17(21)19-18-12(2)15-9-8-14(22-3)10-16(15)20/h4-10,20H,1-3H3,(H,19,21)/b18-12+. The largest absolute Gasteiger partial charge is 0.507 e. The van der Waals surface area contributed by atoms with Crippen LogP contribution in [-0.2, 0) is 0 Å². The van der Waals surface area contributed by atoms with Crippen LogP contribution in [0.1, 0.15) is 28.4 Å². The minimum Gasteiger partial charge on any atom is -0.507 e. The van der Waals surface area contributed by atoms with Crippen molar-refractivity contribution in [2.24, 2.45) is 5.10 Å². The van der Waals surface area contributed by atoms with E-state index in [1.54, 1.807) is 31.2 Å². The summed E-state index contributed by atoms with van der Waals surface area (Å²) in [6.07, 6.45) is 0. The molecule has 0 saturated carbocycles. The Kier molecular flexibility index (Phi) is 4.78. The van der Waals surface area contributed by atoms with Crippen LogP contribution in [0.2, 0.25) is 0 Å². The summed E-state index contributed by atoms with van der Waals surface area (Å²) in [5, 5.41) is 14.0. The van der Waals surface area contributed by atoms with Crippen LogP contribution in [0.25, 0.3) is 0 Å². The molecule has 0 fully saturated rings. The number of aromatic hydroxyl groups is 1. The lowest BCUT2D eigenvalue weighted by molar-refractivity contribution is 0.0955. The maximum absolute atomic E-state index is 12.0. The maximum Gasteiger partial charge on any atom is 0.271 e. The van der Waals surface area contributed by atoms with Crippen molar-refractivity contribution in [3.8, 4) is 11.5 Å². The van der Waals surface area contributed by atoms with Gasteiger partial charge in [0.15, 0.2) is 0 Å². The molecule has 2 aromatic carbocycles. The number of benzene rings is 2. The van der Waals surface area contributed by atoms with E-state index in [9.17, 15) is 9.90 Å². The summed E-state index contributed by atoms with van der Waals surface area (Å²) in [6.45, 7) is 3.66. The van der Waals surface area contributed by atoms with E-state index in [-0.39, 0.29) is 11.7 Å². The van der Waals surface area contributed by atoms with Gasteiger partial charge in [0, 0.05) is 17.2 Å². The number of ether oxygens (including phenoxy) is 1. The summed E-state index contributed by atoms with van der Waals surface area (Å²) < 4.78 is 5.03. The lowest BCUT2D eigenvalue weighted by atomic mass is 10.1. The van der Waals surface area contributed by atoms with Crippen LogP contribution in [0.4, 0.5) is 0 Å². The molecule has 1 amide bonds. The number of phenols is 1. The van der Waals surface area contributed by atoms with E-state index < -0.39 is 0 Å². The van der Waals surface area contributed by atoms with Crippen LogP contribution < -0.4 is 10.2 Å². The van der Waals surface area contributed by atoms with E-state index in [1.165, 1.54) is 13.2 Å². The molecule has 2 rings (SSSR count). The van der Waals surface area contributed by atoms with E-state index in [0.29, 0.717) is 22.6 Å². The molecule has 5 heteroatoms. The first-order valence-electron chi connectivity index (χ1n) is 6.80. The van der Waals surface area contributed by atoms with Gasteiger partial charge in [-0.2, -0.15) is 5.10 Å². The second-order valence-electron chi connectivity index (χ2n) is 4.89. The van der Waals surface area contributed by atoms with Gasteiger partial charge in [-0.3, -0.25) is 4.79 Å². The molecule has 0 aromatic heterocycles. The molecule has 0 aliphatic carbocycles. The van der Waals surface area contributed by atoms with Crippen LogP contribution in [0.3, 0.4) is 0 Å². The molecule has 0 spiro atoms. The number of carbonyl (C=O) groups is 1. The molecule has 0 unspecified atom stereocenters.